The standard InChI is InChI=1S/C34H38N2O5/c37-28(21-33(32(39)40)14-6-15-33)34(16-7-17-34)35-31(38)23-12-13-24-26(20-23)36-18-19-41-27-11-5-4-10-25(27)30(36)29(24)22-8-2-1-3-9-22/h4-5,10-13,20,22H,1-3,6-9,14-19,21H2,(H,35,38)(H,39,40). The van der Waals surface area contributed by atoms with Crippen LogP contribution in [0, 0.1) is 5.41 Å². The Kier molecular flexibility index (Phi) is 6.44. The molecule has 1 aromatic heterocycles. The second-order valence-corrected chi connectivity index (χ2v) is 12.8. The fourth-order valence-corrected chi connectivity index (χ4v) is 7.72. The number of fused-ring (bicyclic) bond motifs is 5. The molecule has 3 aromatic rings. The van der Waals surface area contributed by atoms with Crippen molar-refractivity contribution in [3.8, 4) is 17.0 Å². The van der Waals surface area contributed by atoms with E-state index in [1.54, 1.807) is 0 Å². The maximum absolute atomic E-state index is 13.7. The summed E-state index contributed by atoms with van der Waals surface area (Å²) in [7, 11) is 0. The Morgan fingerprint density at radius 3 is 2.39 bits per heavy atom. The number of carboxylic acids is 1. The summed E-state index contributed by atoms with van der Waals surface area (Å²) < 4.78 is 8.50. The molecule has 0 unspecified atom stereocenters. The van der Waals surface area contributed by atoms with E-state index in [-0.39, 0.29) is 18.1 Å². The first-order valence-corrected chi connectivity index (χ1v) is 15.4. The monoisotopic (exact) mass is 554 g/mol. The average molecular weight is 555 g/mol. The van der Waals surface area contributed by atoms with E-state index in [0.29, 0.717) is 50.3 Å². The van der Waals surface area contributed by atoms with E-state index in [4.69, 9.17) is 4.74 Å². The summed E-state index contributed by atoms with van der Waals surface area (Å²) in [6.45, 7) is 1.25. The van der Waals surface area contributed by atoms with Gasteiger partial charge in [0.1, 0.15) is 12.4 Å². The molecule has 214 valence electrons. The number of ketones is 1. The van der Waals surface area contributed by atoms with Crippen LogP contribution in [0.4, 0.5) is 0 Å². The molecule has 0 spiro atoms. The van der Waals surface area contributed by atoms with E-state index in [1.165, 1.54) is 48.7 Å². The van der Waals surface area contributed by atoms with Gasteiger partial charge < -0.3 is 19.7 Å². The summed E-state index contributed by atoms with van der Waals surface area (Å²) in [5, 5.41) is 14.1. The van der Waals surface area contributed by atoms with Gasteiger partial charge in [0, 0.05) is 28.5 Å². The summed E-state index contributed by atoms with van der Waals surface area (Å²) in [4.78, 5) is 39.1. The lowest BCUT2D eigenvalue weighted by Gasteiger charge is -2.45. The second-order valence-electron chi connectivity index (χ2n) is 12.8. The highest BCUT2D eigenvalue weighted by atomic mass is 16.5. The van der Waals surface area contributed by atoms with Crippen LogP contribution < -0.4 is 10.1 Å². The van der Waals surface area contributed by atoms with Gasteiger partial charge in [-0.1, -0.05) is 43.9 Å². The number of Topliss-reactive ketones (excluding diaryl/α,β-unsaturated/α-hetero) is 1. The minimum absolute atomic E-state index is 0.00197. The van der Waals surface area contributed by atoms with Gasteiger partial charge in [-0.25, -0.2) is 0 Å². The van der Waals surface area contributed by atoms with Gasteiger partial charge in [-0.2, -0.15) is 0 Å². The third kappa shape index (κ3) is 4.27. The molecule has 0 bridgehead atoms. The van der Waals surface area contributed by atoms with Crippen LogP contribution in [0.5, 0.6) is 5.75 Å². The highest BCUT2D eigenvalue weighted by Crippen LogP contribution is 2.48. The largest absolute Gasteiger partial charge is 0.491 e. The van der Waals surface area contributed by atoms with E-state index in [9.17, 15) is 19.5 Å². The van der Waals surface area contributed by atoms with Gasteiger partial charge in [0.05, 0.1) is 23.2 Å². The third-order valence-corrected chi connectivity index (χ3v) is 10.5. The molecule has 1 aliphatic heterocycles. The summed E-state index contributed by atoms with van der Waals surface area (Å²) >= 11 is 0. The van der Waals surface area contributed by atoms with Crippen LogP contribution in [-0.2, 0) is 16.1 Å². The molecule has 2 heterocycles. The fraction of sp³-hybridized carbons (Fsp3) is 0.500. The average Bonchev–Trinajstić information content (AvgIpc) is 3.13. The fourth-order valence-electron chi connectivity index (χ4n) is 7.72. The number of carbonyl (C=O) groups excluding carboxylic acids is 2. The van der Waals surface area contributed by atoms with Crippen molar-refractivity contribution in [1.82, 2.24) is 9.88 Å². The lowest BCUT2D eigenvalue weighted by molar-refractivity contribution is -0.158. The number of rotatable bonds is 7. The van der Waals surface area contributed by atoms with Gasteiger partial charge >= 0.3 is 5.97 Å². The maximum atomic E-state index is 13.7. The van der Waals surface area contributed by atoms with Crippen molar-refractivity contribution < 1.29 is 24.2 Å². The van der Waals surface area contributed by atoms with Crippen LogP contribution in [-0.4, -0.2) is 39.5 Å². The lowest BCUT2D eigenvalue weighted by Crippen LogP contribution is -2.60. The quantitative estimate of drug-likeness (QED) is 0.342. The van der Waals surface area contributed by atoms with Crippen LogP contribution in [0.25, 0.3) is 22.2 Å². The molecule has 1 amide bonds. The molecule has 7 nitrogen and oxygen atoms in total. The zero-order valence-electron chi connectivity index (χ0n) is 23.5. The van der Waals surface area contributed by atoms with Crippen LogP contribution >= 0.6 is 0 Å². The summed E-state index contributed by atoms with van der Waals surface area (Å²) in [5.74, 6) is 0.0807. The number of carboxylic acid groups (broad SMARTS) is 1. The van der Waals surface area contributed by atoms with E-state index in [0.717, 1.165) is 29.7 Å². The van der Waals surface area contributed by atoms with Crippen molar-refractivity contribution in [2.75, 3.05) is 6.61 Å². The van der Waals surface area contributed by atoms with Crippen molar-refractivity contribution in [3.05, 3.63) is 53.6 Å². The number of aromatic nitrogens is 1. The van der Waals surface area contributed by atoms with Gasteiger partial charge in [0.15, 0.2) is 5.78 Å². The summed E-state index contributed by atoms with van der Waals surface area (Å²) in [6, 6.07) is 14.2. The smallest absolute Gasteiger partial charge is 0.310 e. The van der Waals surface area contributed by atoms with Gasteiger partial charge in [0.2, 0.25) is 0 Å². The number of amides is 1. The molecule has 0 saturated heterocycles. The molecule has 7 rings (SSSR count). The molecule has 3 aliphatic carbocycles. The predicted molar refractivity (Wildman–Crippen MR) is 156 cm³/mol. The number of nitrogens with zero attached hydrogens (tertiary/aromatic N) is 1. The first-order valence-electron chi connectivity index (χ1n) is 15.4. The first kappa shape index (κ1) is 26.3. The SMILES string of the molecule is O=C(NC1(C(=O)CC2(C(=O)O)CCC2)CCC1)c1ccc2c(C3CCCCC3)c3n(c2c1)CCOc1ccccc1-3. The first-order chi connectivity index (χ1) is 19.9. The molecular weight excluding hydrogens is 516 g/mol. The van der Waals surface area contributed by atoms with E-state index >= 15 is 0 Å². The van der Waals surface area contributed by atoms with Gasteiger partial charge in [0.25, 0.3) is 5.91 Å². The maximum Gasteiger partial charge on any atom is 0.310 e. The Bertz CT molecular complexity index is 1540. The number of hydrogen-bond acceptors (Lipinski definition) is 4. The van der Waals surface area contributed by atoms with Crippen LogP contribution in [0.15, 0.2) is 42.5 Å². The number of hydrogen-bond donors (Lipinski definition) is 2. The number of ether oxygens (including phenoxy) is 1. The van der Waals surface area contributed by atoms with Crippen LogP contribution in [0.1, 0.15) is 98.9 Å². The zero-order valence-corrected chi connectivity index (χ0v) is 23.5. The topological polar surface area (TPSA) is 97.6 Å². The lowest BCUT2D eigenvalue weighted by atomic mass is 9.62. The Labute approximate surface area is 240 Å². The van der Waals surface area contributed by atoms with Gasteiger partial charge in [-0.15, -0.1) is 0 Å². The molecule has 3 fully saturated rings. The Hall–Kier alpha value is -3.61. The summed E-state index contributed by atoms with van der Waals surface area (Å²) in [5.41, 5.74) is 3.33. The second kappa shape index (κ2) is 10.0. The number of aliphatic carboxylic acids is 1. The Morgan fingerprint density at radius 1 is 0.951 bits per heavy atom. The Balaban J connectivity index is 1.25. The Morgan fingerprint density at radius 2 is 1.71 bits per heavy atom. The number of benzene rings is 2. The molecule has 3 saturated carbocycles. The van der Waals surface area contributed by atoms with E-state index < -0.39 is 16.9 Å². The molecule has 4 aliphatic rings. The number of nitrogens with one attached hydrogen (secondary N) is 1. The third-order valence-electron chi connectivity index (χ3n) is 10.5. The zero-order chi connectivity index (χ0) is 28.2. The van der Waals surface area contributed by atoms with Gasteiger partial charge in [-0.05, 0) is 80.7 Å². The van der Waals surface area contributed by atoms with Gasteiger partial charge in [-0.3, -0.25) is 14.4 Å². The molecular formula is C34H38N2O5. The minimum Gasteiger partial charge on any atom is -0.491 e. The van der Waals surface area contributed by atoms with E-state index in [2.05, 4.69) is 28.1 Å². The van der Waals surface area contributed by atoms with Crippen molar-refractivity contribution >= 4 is 28.6 Å². The number of carbonyl (C=O) groups is 3. The molecule has 2 N–H and O–H groups in total. The van der Waals surface area contributed by atoms with Crippen LogP contribution in [0.2, 0.25) is 0 Å². The number of para-hydroxylation sites is 1. The molecule has 7 heteroatoms. The highest BCUT2D eigenvalue weighted by molar-refractivity contribution is 6.04. The van der Waals surface area contributed by atoms with Crippen molar-refractivity contribution in [3.63, 3.8) is 0 Å². The molecule has 0 atom stereocenters. The summed E-state index contributed by atoms with van der Waals surface area (Å²) in [6.07, 6.45) is 9.95. The normalized spacial score (nSPS) is 20.9. The van der Waals surface area contributed by atoms with Crippen molar-refractivity contribution in [2.45, 2.75) is 95.1 Å². The molecule has 41 heavy (non-hydrogen) atoms. The predicted octanol–water partition coefficient (Wildman–Crippen LogP) is 6.62. The van der Waals surface area contributed by atoms with Crippen LogP contribution in [0.3, 0.4) is 0 Å². The highest BCUT2D eigenvalue weighted by Gasteiger charge is 2.52. The molecule has 0 radical (unpaired) electrons. The molecule has 2 aromatic carbocycles. The van der Waals surface area contributed by atoms with Crippen molar-refractivity contribution in [2.24, 2.45) is 5.41 Å². The van der Waals surface area contributed by atoms with E-state index in [1.807, 2.05) is 24.3 Å². The van der Waals surface area contributed by atoms with Crippen molar-refractivity contribution in [1.29, 1.82) is 0 Å². The minimum atomic E-state index is -0.958.